The van der Waals surface area contributed by atoms with E-state index in [9.17, 15) is 0 Å². The molecule has 0 spiro atoms. The normalized spacial score (nSPS) is 22.6. The van der Waals surface area contributed by atoms with Crippen molar-refractivity contribution in [2.24, 2.45) is 5.92 Å². The third-order valence-electron chi connectivity index (χ3n) is 2.59. The second-order valence-electron chi connectivity index (χ2n) is 4.00. The molecule has 1 rings (SSSR count). The molecule has 1 atom stereocenters. The first kappa shape index (κ1) is 9.57. The highest BCUT2D eigenvalue weighted by molar-refractivity contribution is 4.91. The lowest BCUT2D eigenvalue weighted by Gasteiger charge is -2.17. The largest absolute Gasteiger partial charge is 0.100 e. The van der Waals surface area contributed by atoms with E-state index in [1.54, 1.807) is 0 Å². The van der Waals surface area contributed by atoms with Crippen LogP contribution in [0.15, 0.2) is 24.3 Å². The Kier molecular flexibility index (Phi) is 4.13. The molecule has 1 aliphatic carbocycles. The molecule has 1 aliphatic rings. The summed E-state index contributed by atoms with van der Waals surface area (Å²) in [5, 5.41) is 0. The first-order chi connectivity index (χ1) is 5.79. The second-order valence-corrected chi connectivity index (χ2v) is 4.00. The average molecular weight is 164 g/mol. The summed E-state index contributed by atoms with van der Waals surface area (Å²) in [6.45, 7) is 6.05. The Hall–Kier alpha value is -0.520. The highest BCUT2D eigenvalue weighted by Crippen LogP contribution is 2.23. The summed E-state index contributed by atoms with van der Waals surface area (Å²) in [7, 11) is 0. The summed E-state index contributed by atoms with van der Waals surface area (Å²) in [5.74, 6) is 0.967. The van der Waals surface area contributed by atoms with Crippen LogP contribution in [0.2, 0.25) is 0 Å². The number of hydrogen-bond acceptors (Lipinski definition) is 0. The van der Waals surface area contributed by atoms with E-state index in [2.05, 4.69) is 25.7 Å². The molecule has 0 bridgehead atoms. The van der Waals surface area contributed by atoms with Crippen LogP contribution in [0.5, 0.6) is 0 Å². The molecule has 12 heavy (non-hydrogen) atoms. The lowest BCUT2D eigenvalue weighted by molar-refractivity contribution is 0.432. The van der Waals surface area contributed by atoms with Crippen LogP contribution >= 0.6 is 0 Å². The van der Waals surface area contributed by atoms with Gasteiger partial charge in [0.05, 0.1) is 0 Å². The number of allylic oxidation sites excluding steroid dienone is 3. The van der Waals surface area contributed by atoms with Gasteiger partial charge in [0.1, 0.15) is 0 Å². The van der Waals surface area contributed by atoms with Crippen LogP contribution in [-0.4, -0.2) is 0 Å². The standard InChI is InChI=1S/C12H20/c1-11(2)7-6-10-12-8-4-3-5-9-12/h3-4,12H,1,5-10H2,2H3. The molecule has 0 N–H and O–H groups in total. The molecule has 0 heteroatoms. The highest BCUT2D eigenvalue weighted by atomic mass is 14.1. The molecule has 68 valence electrons. The van der Waals surface area contributed by atoms with Gasteiger partial charge in [-0.15, -0.1) is 6.58 Å². The first-order valence-electron chi connectivity index (χ1n) is 5.08. The fourth-order valence-corrected chi connectivity index (χ4v) is 1.81. The SMILES string of the molecule is C=C(C)CCCC1CC=CCC1. The van der Waals surface area contributed by atoms with Crippen molar-refractivity contribution in [2.45, 2.75) is 45.4 Å². The van der Waals surface area contributed by atoms with E-state index in [1.807, 2.05) is 0 Å². The molecule has 0 aliphatic heterocycles. The second kappa shape index (κ2) is 5.18. The molecule has 0 heterocycles. The third kappa shape index (κ3) is 3.75. The number of hydrogen-bond donors (Lipinski definition) is 0. The zero-order chi connectivity index (χ0) is 8.81. The van der Waals surface area contributed by atoms with E-state index in [1.165, 1.54) is 44.1 Å². The fraction of sp³-hybridized carbons (Fsp3) is 0.667. The summed E-state index contributed by atoms with van der Waals surface area (Å²) in [5.41, 5.74) is 1.33. The molecule has 0 amide bonds. The van der Waals surface area contributed by atoms with Gasteiger partial charge in [-0.25, -0.2) is 0 Å². The average Bonchev–Trinajstić information content (AvgIpc) is 2.05. The van der Waals surface area contributed by atoms with E-state index in [0.717, 1.165) is 5.92 Å². The van der Waals surface area contributed by atoms with Gasteiger partial charge in [-0.1, -0.05) is 17.7 Å². The van der Waals surface area contributed by atoms with Crippen molar-refractivity contribution in [3.8, 4) is 0 Å². The van der Waals surface area contributed by atoms with Gasteiger partial charge >= 0.3 is 0 Å². The molecular weight excluding hydrogens is 144 g/mol. The topological polar surface area (TPSA) is 0 Å². The van der Waals surface area contributed by atoms with Gasteiger partial charge in [-0.2, -0.15) is 0 Å². The minimum atomic E-state index is 0.967. The van der Waals surface area contributed by atoms with Gasteiger partial charge in [-0.3, -0.25) is 0 Å². The van der Waals surface area contributed by atoms with Crippen LogP contribution in [0.4, 0.5) is 0 Å². The van der Waals surface area contributed by atoms with E-state index < -0.39 is 0 Å². The van der Waals surface area contributed by atoms with Gasteiger partial charge < -0.3 is 0 Å². The van der Waals surface area contributed by atoms with Gasteiger partial charge in [0.25, 0.3) is 0 Å². The van der Waals surface area contributed by atoms with E-state index in [4.69, 9.17) is 0 Å². The Bertz CT molecular complexity index is 165. The Morgan fingerprint density at radius 1 is 1.50 bits per heavy atom. The molecule has 0 aromatic carbocycles. The zero-order valence-electron chi connectivity index (χ0n) is 8.18. The summed E-state index contributed by atoms with van der Waals surface area (Å²) in [6.07, 6.45) is 12.6. The highest BCUT2D eigenvalue weighted by Gasteiger charge is 2.08. The van der Waals surface area contributed by atoms with Crippen LogP contribution in [0, 0.1) is 5.92 Å². The lowest BCUT2D eigenvalue weighted by atomic mass is 9.89. The molecular formula is C12H20. The minimum absolute atomic E-state index is 0.967. The van der Waals surface area contributed by atoms with Crippen molar-refractivity contribution in [1.82, 2.24) is 0 Å². The van der Waals surface area contributed by atoms with E-state index in [0.29, 0.717) is 0 Å². The smallest absolute Gasteiger partial charge is 0.0322 e. The molecule has 0 fully saturated rings. The quantitative estimate of drug-likeness (QED) is 0.549. The van der Waals surface area contributed by atoms with Crippen molar-refractivity contribution in [1.29, 1.82) is 0 Å². The van der Waals surface area contributed by atoms with Crippen molar-refractivity contribution in [3.05, 3.63) is 24.3 Å². The maximum absolute atomic E-state index is 3.92. The van der Waals surface area contributed by atoms with Gasteiger partial charge in [-0.05, 0) is 51.4 Å². The van der Waals surface area contributed by atoms with Crippen molar-refractivity contribution < 1.29 is 0 Å². The molecule has 0 aromatic rings. The third-order valence-corrected chi connectivity index (χ3v) is 2.59. The fourth-order valence-electron chi connectivity index (χ4n) is 1.81. The van der Waals surface area contributed by atoms with Crippen LogP contribution < -0.4 is 0 Å². The van der Waals surface area contributed by atoms with Crippen LogP contribution in [-0.2, 0) is 0 Å². The maximum atomic E-state index is 3.92. The number of rotatable bonds is 4. The first-order valence-corrected chi connectivity index (χ1v) is 5.08. The van der Waals surface area contributed by atoms with Gasteiger partial charge in [0.2, 0.25) is 0 Å². The minimum Gasteiger partial charge on any atom is -0.100 e. The predicted octanol–water partition coefficient (Wildman–Crippen LogP) is 4.09. The van der Waals surface area contributed by atoms with Crippen LogP contribution in [0.1, 0.15) is 45.4 Å². The maximum Gasteiger partial charge on any atom is -0.0322 e. The van der Waals surface area contributed by atoms with Gasteiger partial charge in [0.15, 0.2) is 0 Å². The summed E-state index contributed by atoms with van der Waals surface area (Å²) < 4.78 is 0. The van der Waals surface area contributed by atoms with E-state index in [-0.39, 0.29) is 0 Å². The molecule has 0 saturated carbocycles. The van der Waals surface area contributed by atoms with Crippen molar-refractivity contribution >= 4 is 0 Å². The zero-order valence-corrected chi connectivity index (χ0v) is 8.18. The monoisotopic (exact) mass is 164 g/mol. The van der Waals surface area contributed by atoms with Crippen LogP contribution in [0.25, 0.3) is 0 Å². The van der Waals surface area contributed by atoms with Crippen LogP contribution in [0.3, 0.4) is 0 Å². The Morgan fingerprint density at radius 2 is 2.33 bits per heavy atom. The van der Waals surface area contributed by atoms with Gasteiger partial charge in [0, 0.05) is 0 Å². The molecule has 0 nitrogen and oxygen atoms in total. The summed E-state index contributed by atoms with van der Waals surface area (Å²) in [6, 6.07) is 0. The molecule has 0 radical (unpaired) electrons. The predicted molar refractivity (Wildman–Crippen MR) is 55.1 cm³/mol. The van der Waals surface area contributed by atoms with E-state index >= 15 is 0 Å². The molecule has 1 unspecified atom stereocenters. The molecule has 0 saturated heterocycles. The lowest BCUT2D eigenvalue weighted by Crippen LogP contribution is -2.02. The van der Waals surface area contributed by atoms with Crippen molar-refractivity contribution in [3.63, 3.8) is 0 Å². The summed E-state index contributed by atoms with van der Waals surface area (Å²) in [4.78, 5) is 0. The Balaban J connectivity index is 2.06. The Labute approximate surface area is 76.4 Å². The van der Waals surface area contributed by atoms with Crippen molar-refractivity contribution in [2.75, 3.05) is 0 Å². The summed E-state index contributed by atoms with van der Waals surface area (Å²) >= 11 is 0. The molecule has 0 aromatic heterocycles. The Morgan fingerprint density at radius 3 is 2.92 bits per heavy atom.